The summed E-state index contributed by atoms with van der Waals surface area (Å²) in [7, 11) is -3.53. The summed E-state index contributed by atoms with van der Waals surface area (Å²) in [5.41, 5.74) is 8.76. The maximum Gasteiger partial charge on any atom is 0.243 e. The molecule has 1 unspecified atom stereocenters. The van der Waals surface area contributed by atoms with Gasteiger partial charge in [-0.2, -0.15) is 4.31 Å². The molecule has 5 nitrogen and oxygen atoms in total. The summed E-state index contributed by atoms with van der Waals surface area (Å²) < 4.78 is 32.7. The number of morpholine rings is 1. The topological polar surface area (TPSA) is 72.6 Å². The Bertz CT molecular complexity index is 600. The van der Waals surface area contributed by atoms with Gasteiger partial charge in [-0.15, -0.1) is 0 Å². The number of nitrogen functional groups attached to an aromatic ring is 1. The van der Waals surface area contributed by atoms with E-state index in [9.17, 15) is 8.42 Å². The highest BCUT2D eigenvalue weighted by atomic mass is 32.2. The predicted octanol–water partition coefficient (Wildman–Crippen LogP) is 1.60. The van der Waals surface area contributed by atoms with Gasteiger partial charge < -0.3 is 10.5 Å². The third-order valence-corrected chi connectivity index (χ3v) is 6.02. The Morgan fingerprint density at radius 3 is 2.55 bits per heavy atom. The molecule has 1 aromatic carbocycles. The Balaban J connectivity index is 2.55. The standard InChI is InChI=1S/C14H22N2O3S/c1-9-7-13(15)12(4)14(11(9)3)20(17,18)16-5-6-19-10(2)8-16/h7,10H,5-6,8,15H2,1-4H3. The SMILES string of the molecule is Cc1cc(N)c(C)c(S(=O)(=O)N2CCOC(C)C2)c1C. The van der Waals surface area contributed by atoms with Crippen LogP contribution in [0.4, 0.5) is 5.69 Å². The van der Waals surface area contributed by atoms with Crippen molar-refractivity contribution in [2.24, 2.45) is 0 Å². The molecule has 112 valence electrons. The van der Waals surface area contributed by atoms with E-state index in [0.29, 0.717) is 35.8 Å². The van der Waals surface area contributed by atoms with Gasteiger partial charge in [-0.1, -0.05) is 0 Å². The minimum absolute atomic E-state index is 0.0821. The van der Waals surface area contributed by atoms with Crippen LogP contribution in [0.15, 0.2) is 11.0 Å². The molecule has 2 rings (SSSR count). The Labute approximate surface area is 120 Å². The fourth-order valence-electron chi connectivity index (χ4n) is 2.56. The van der Waals surface area contributed by atoms with E-state index >= 15 is 0 Å². The van der Waals surface area contributed by atoms with Crippen LogP contribution in [-0.4, -0.2) is 38.5 Å². The van der Waals surface area contributed by atoms with E-state index < -0.39 is 10.0 Å². The van der Waals surface area contributed by atoms with E-state index in [1.54, 1.807) is 6.92 Å². The maximum atomic E-state index is 12.9. The lowest BCUT2D eigenvalue weighted by Gasteiger charge is -2.31. The molecule has 20 heavy (non-hydrogen) atoms. The van der Waals surface area contributed by atoms with Crippen molar-refractivity contribution in [3.63, 3.8) is 0 Å². The summed E-state index contributed by atoms with van der Waals surface area (Å²) >= 11 is 0. The monoisotopic (exact) mass is 298 g/mol. The summed E-state index contributed by atoms with van der Waals surface area (Å²) in [4.78, 5) is 0.351. The van der Waals surface area contributed by atoms with Gasteiger partial charge in [-0.25, -0.2) is 8.42 Å². The minimum atomic E-state index is -3.53. The fraction of sp³-hybridized carbons (Fsp3) is 0.571. The summed E-state index contributed by atoms with van der Waals surface area (Å²) in [6.45, 7) is 8.56. The maximum absolute atomic E-state index is 12.9. The average Bonchev–Trinajstić information content (AvgIpc) is 2.36. The molecular weight excluding hydrogens is 276 g/mol. The van der Waals surface area contributed by atoms with E-state index in [2.05, 4.69) is 0 Å². The number of aryl methyl sites for hydroxylation is 1. The molecule has 1 aliphatic rings. The van der Waals surface area contributed by atoms with Crippen molar-refractivity contribution in [1.82, 2.24) is 4.31 Å². The number of anilines is 1. The molecule has 0 saturated carbocycles. The largest absolute Gasteiger partial charge is 0.398 e. The second-order valence-electron chi connectivity index (χ2n) is 5.41. The van der Waals surface area contributed by atoms with E-state index in [-0.39, 0.29) is 6.10 Å². The third-order valence-electron chi connectivity index (χ3n) is 3.88. The lowest BCUT2D eigenvalue weighted by molar-refractivity contribution is 0.0101. The number of hydrogen-bond acceptors (Lipinski definition) is 4. The van der Waals surface area contributed by atoms with Crippen LogP contribution in [0.25, 0.3) is 0 Å². The number of nitrogens with two attached hydrogens (primary N) is 1. The van der Waals surface area contributed by atoms with Crippen LogP contribution in [0.1, 0.15) is 23.6 Å². The van der Waals surface area contributed by atoms with Crippen molar-refractivity contribution >= 4 is 15.7 Å². The summed E-state index contributed by atoms with van der Waals surface area (Å²) in [5, 5.41) is 0. The fourth-order valence-corrected chi connectivity index (χ4v) is 4.59. The molecule has 1 atom stereocenters. The number of sulfonamides is 1. The van der Waals surface area contributed by atoms with Crippen molar-refractivity contribution in [3.8, 4) is 0 Å². The highest BCUT2D eigenvalue weighted by Crippen LogP contribution is 2.30. The van der Waals surface area contributed by atoms with E-state index in [0.717, 1.165) is 11.1 Å². The van der Waals surface area contributed by atoms with Crippen molar-refractivity contribution in [2.45, 2.75) is 38.7 Å². The smallest absolute Gasteiger partial charge is 0.243 e. The van der Waals surface area contributed by atoms with Crippen molar-refractivity contribution in [2.75, 3.05) is 25.4 Å². The first-order valence-corrected chi connectivity index (χ1v) is 8.17. The lowest BCUT2D eigenvalue weighted by atomic mass is 10.1. The third kappa shape index (κ3) is 2.55. The van der Waals surface area contributed by atoms with Gasteiger partial charge in [0, 0.05) is 18.8 Å². The van der Waals surface area contributed by atoms with Gasteiger partial charge >= 0.3 is 0 Å². The summed E-state index contributed by atoms with van der Waals surface area (Å²) in [6, 6.07) is 1.83. The van der Waals surface area contributed by atoms with Gasteiger partial charge in [-0.05, 0) is 50.5 Å². The molecule has 2 N–H and O–H groups in total. The molecule has 1 aliphatic heterocycles. The first-order valence-electron chi connectivity index (χ1n) is 6.73. The first kappa shape index (κ1) is 15.3. The second-order valence-corrected chi connectivity index (χ2v) is 7.28. The average molecular weight is 298 g/mol. The molecule has 1 saturated heterocycles. The molecule has 1 heterocycles. The number of rotatable bonds is 2. The van der Waals surface area contributed by atoms with Crippen LogP contribution >= 0.6 is 0 Å². The molecule has 0 amide bonds. The molecule has 1 fully saturated rings. The zero-order valence-electron chi connectivity index (χ0n) is 12.4. The van der Waals surface area contributed by atoms with Gasteiger partial charge in [0.05, 0.1) is 17.6 Å². The van der Waals surface area contributed by atoms with Gasteiger partial charge in [0.25, 0.3) is 0 Å². The molecular formula is C14H22N2O3S. The molecule has 0 bridgehead atoms. The summed E-state index contributed by atoms with van der Waals surface area (Å²) in [5.74, 6) is 0. The highest BCUT2D eigenvalue weighted by Gasteiger charge is 2.32. The van der Waals surface area contributed by atoms with Crippen molar-refractivity contribution in [3.05, 3.63) is 22.8 Å². The molecule has 1 aromatic rings. The van der Waals surface area contributed by atoms with E-state index in [4.69, 9.17) is 10.5 Å². The normalized spacial score (nSPS) is 21.1. The molecule has 6 heteroatoms. The molecule has 0 spiro atoms. The molecule has 0 radical (unpaired) electrons. The van der Waals surface area contributed by atoms with Gasteiger partial charge in [0.1, 0.15) is 0 Å². The lowest BCUT2D eigenvalue weighted by Crippen LogP contribution is -2.44. The Morgan fingerprint density at radius 2 is 1.95 bits per heavy atom. The van der Waals surface area contributed by atoms with E-state index in [1.807, 2.05) is 26.8 Å². The van der Waals surface area contributed by atoms with Crippen LogP contribution in [0.3, 0.4) is 0 Å². The van der Waals surface area contributed by atoms with Gasteiger partial charge in [0.2, 0.25) is 10.0 Å². The van der Waals surface area contributed by atoms with E-state index in [1.165, 1.54) is 4.31 Å². The number of benzene rings is 1. The second kappa shape index (κ2) is 5.35. The van der Waals surface area contributed by atoms with Crippen molar-refractivity contribution in [1.29, 1.82) is 0 Å². The highest BCUT2D eigenvalue weighted by molar-refractivity contribution is 7.89. The minimum Gasteiger partial charge on any atom is -0.398 e. The first-order chi connectivity index (χ1) is 9.25. The van der Waals surface area contributed by atoms with Crippen LogP contribution in [0, 0.1) is 20.8 Å². The number of ether oxygens (including phenoxy) is 1. The zero-order valence-corrected chi connectivity index (χ0v) is 13.3. The summed E-state index contributed by atoms with van der Waals surface area (Å²) in [6.07, 6.45) is -0.0821. The molecule has 0 aliphatic carbocycles. The van der Waals surface area contributed by atoms with Gasteiger partial charge in [-0.3, -0.25) is 0 Å². The van der Waals surface area contributed by atoms with Crippen LogP contribution in [0.2, 0.25) is 0 Å². The van der Waals surface area contributed by atoms with Gasteiger partial charge in [0.15, 0.2) is 0 Å². The molecule has 0 aromatic heterocycles. The van der Waals surface area contributed by atoms with Crippen LogP contribution in [0.5, 0.6) is 0 Å². The quantitative estimate of drug-likeness (QED) is 0.842. The predicted molar refractivity (Wildman–Crippen MR) is 79.2 cm³/mol. The van der Waals surface area contributed by atoms with Crippen LogP contribution < -0.4 is 5.73 Å². The number of hydrogen-bond donors (Lipinski definition) is 1. The Kier molecular flexibility index (Phi) is 4.09. The van der Waals surface area contributed by atoms with Crippen LogP contribution in [-0.2, 0) is 14.8 Å². The zero-order chi connectivity index (χ0) is 15.1. The number of nitrogens with zero attached hydrogens (tertiary/aromatic N) is 1. The van der Waals surface area contributed by atoms with Crippen molar-refractivity contribution < 1.29 is 13.2 Å². The Hall–Kier alpha value is -1.11. The Morgan fingerprint density at radius 1 is 1.30 bits per heavy atom.